The Labute approximate surface area is 932 Å². The van der Waals surface area contributed by atoms with E-state index in [2.05, 4.69) is 147 Å². The number of hydrogen-bond acceptors (Lipinski definition) is 22. The lowest BCUT2D eigenvalue weighted by atomic mass is 9.75. The van der Waals surface area contributed by atoms with Crippen molar-refractivity contribution >= 4 is 74.2 Å². The van der Waals surface area contributed by atoms with Gasteiger partial charge in [-0.2, -0.15) is 0 Å². The van der Waals surface area contributed by atoms with Crippen molar-refractivity contribution < 1.29 is 121 Å². The molecule has 0 aliphatic rings. The summed E-state index contributed by atoms with van der Waals surface area (Å²) in [7, 11) is -14.1. The van der Waals surface area contributed by atoms with Crippen molar-refractivity contribution in [2.45, 2.75) is 534 Å². The molecule has 35 heteroatoms. The number of halogens is 1. The van der Waals surface area contributed by atoms with Crippen LogP contribution in [0.15, 0.2) is 0 Å². The molecule has 0 aromatic rings. The first-order chi connectivity index (χ1) is 72.0. The van der Waals surface area contributed by atoms with Crippen LogP contribution in [0.4, 0.5) is 4.39 Å². The summed E-state index contributed by atoms with van der Waals surface area (Å²) >= 11 is 0. The van der Waals surface area contributed by atoms with E-state index in [9.17, 15) is 42.2 Å². The third kappa shape index (κ3) is 83.4. The molecule has 0 spiro atoms. The Morgan fingerprint density at radius 2 is 0.560 bits per heavy atom. The lowest BCUT2D eigenvalue weighted by molar-refractivity contribution is -0.227. The predicted octanol–water partition coefficient (Wildman–Crippen LogP) is 35.2. The molecule has 0 saturated carbocycles. The van der Waals surface area contributed by atoms with Gasteiger partial charge in [-0.15, -0.1) is 34.3 Å². The van der Waals surface area contributed by atoms with Crippen LogP contribution in [0.1, 0.15) is 504 Å². The maximum Gasteiger partial charge on any atom is 0.472 e. The highest BCUT2D eigenvalue weighted by atomic mass is 31.2. The summed E-state index contributed by atoms with van der Waals surface area (Å²) in [5.41, 5.74) is 2.09. The molecule has 0 rings (SSSR count). The summed E-state index contributed by atoms with van der Waals surface area (Å²) in [6, 6.07) is 0. The van der Waals surface area contributed by atoms with E-state index in [1.807, 2.05) is 0 Å². The fraction of sp³-hybridized carbons (Fsp3) is 1.00. The molecule has 0 saturated heterocycles. The zero-order chi connectivity index (χ0) is 113. The van der Waals surface area contributed by atoms with Gasteiger partial charge in [-0.1, -0.05) is 376 Å². The molecule has 0 aliphatic carbocycles. The van der Waals surface area contributed by atoms with Crippen LogP contribution in [0, 0.1) is 38.4 Å². The van der Waals surface area contributed by atoms with Gasteiger partial charge in [0.2, 0.25) is 0 Å². The Hall–Kier alpha value is 2.16. The number of alkyl halides is 1. The minimum absolute atomic E-state index is 0.0793. The standard InChI is InChI=1S/C58H120FO18P4.C55H116O3P4.C2H7O4P/c1-11-20-33-56(34-21-12-2,35-22-13-3)50-68-44-53(75-78(60)67-10)47-73-80(63,64)77-55(46-70-52-58(39-26-17-7,40-27-18-8)41-28-19-9)49-74-81(65,66)76-54(48-72-79(61,62)71-43-32-30-29-31-42-59)45-69-51-57(36-23-14-4,37-24-15-5)38-25-16-6;1-12-22-31-53(32-23-13-2,33-24-14-3)47-56-40-50(43-60-21-10)44-61-45-52(42-58-49-55(37-28-18-7,38-29-19-8)39-30-20-9)62-46-51(59-11)41-57-48-54(34-25-15-4,35-26-16-5)36-27-17-6;1-5-7(3,4)6-2/h53-55H,11-52H2,1-10H3,(H,61,62)(H,63,64)(H,65,66);50-52,59-62H,12-49H2,1-11H3;1-2H3,(H,3,4)/q-1;;/p-1. The molecule has 14 atom stereocenters. The smallest absolute Gasteiger partial charge is 0.472 e. The molecule has 0 aromatic carbocycles. The van der Waals surface area contributed by atoms with Gasteiger partial charge in [-0.3, -0.25) is 36.1 Å². The molecule has 0 aliphatic heterocycles. The monoisotopic (exact) mass is 2320 g/mol. The van der Waals surface area contributed by atoms with Crippen LogP contribution in [-0.2, 0) is 91.9 Å². The van der Waals surface area contributed by atoms with Crippen molar-refractivity contribution in [1.82, 2.24) is 0 Å². The normalized spacial score (nSPS) is 15.6. The van der Waals surface area contributed by atoms with E-state index in [1.54, 1.807) is 0 Å². The van der Waals surface area contributed by atoms with Gasteiger partial charge in [-0.25, -0.2) is 13.7 Å². The summed E-state index contributed by atoms with van der Waals surface area (Å²) in [6.07, 6.45) is 66.8. The van der Waals surface area contributed by atoms with Gasteiger partial charge in [0.25, 0.3) is 7.82 Å². The van der Waals surface area contributed by atoms with Crippen LogP contribution in [0.2, 0.25) is 0 Å². The Balaban J connectivity index is -0.00000279. The molecule has 0 heterocycles. The number of ether oxygens (including phenoxy) is 6. The van der Waals surface area contributed by atoms with Crippen LogP contribution in [-0.4, -0.2) is 215 Å². The van der Waals surface area contributed by atoms with Crippen molar-refractivity contribution in [1.29, 1.82) is 0 Å². The van der Waals surface area contributed by atoms with E-state index >= 15 is 0 Å². The lowest BCUT2D eigenvalue weighted by Gasteiger charge is -2.35. The summed E-state index contributed by atoms with van der Waals surface area (Å²) in [4.78, 5) is 56.6. The molecule has 0 amide bonds. The van der Waals surface area contributed by atoms with E-state index in [4.69, 9.17) is 69.5 Å². The van der Waals surface area contributed by atoms with E-state index in [1.165, 1.54) is 211 Å². The second-order valence-electron chi connectivity index (χ2n) is 44.0. The maximum absolute atomic E-state index is 14.0. The fourth-order valence-corrected chi connectivity index (χ4v) is 29.2. The molecule has 0 radical (unpaired) electrons. The molecular formula is C115H242FO25P9-2. The van der Waals surface area contributed by atoms with E-state index < -0.39 is 84.7 Å². The fourth-order valence-electron chi connectivity index (χ4n) is 20.0. The minimum Gasteiger partial charge on any atom is -0.786 e. The predicted molar refractivity (Wildman–Crippen MR) is 639 cm³/mol. The summed E-state index contributed by atoms with van der Waals surface area (Å²) in [6.45, 7) is 48.6. The highest BCUT2D eigenvalue weighted by molar-refractivity contribution is 7.48. The average Bonchev–Trinajstić information content (AvgIpc) is 0.817. The van der Waals surface area contributed by atoms with E-state index in [-0.39, 0.29) is 49.3 Å². The van der Waals surface area contributed by atoms with Crippen molar-refractivity contribution in [3.63, 3.8) is 0 Å². The maximum atomic E-state index is 14.0. The van der Waals surface area contributed by atoms with Crippen LogP contribution >= 0.6 is 74.2 Å². The molecular weight excluding hydrogens is 2080 g/mol. The number of phosphoric ester groups is 4. The molecule has 14 unspecified atom stereocenters. The van der Waals surface area contributed by atoms with Crippen molar-refractivity contribution in [2.24, 2.45) is 38.4 Å². The van der Waals surface area contributed by atoms with Gasteiger partial charge in [0.15, 0.2) is 0 Å². The molecule has 3 N–H and O–H groups in total. The van der Waals surface area contributed by atoms with Gasteiger partial charge in [0.1, 0.15) is 18.3 Å². The van der Waals surface area contributed by atoms with Crippen LogP contribution in [0.3, 0.4) is 0 Å². The quantitative estimate of drug-likeness (QED) is 0.0376. The van der Waals surface area contributed by atoms with Crippen LogP contribution in [0.5, 0.6) is 0 Å². The van der Waals surface area contributed by atoms with Gasteiger partial charge < -0.3 is 71.0 Å². The highest BCUT2D eigenvalue weighted by Crippen LogP contribution is 2.52. The van der Waals surface area contributed by atoms with Crippen LogP contribution in [0.25, 0.3) is 0 Å². The molecule has 0 bridgehead atoms. The van der Waals surface area contributed by atoms with Gasteiger partial charge >= 0.3 is 23.5 Å². The Morgan fingerprint density at radius 3 is 0.827 bits per heavy atom. The van der Waals surface area contributed by atoms with Gasteiger partial charge in [0, 0.05) is 32.6 Å². The Bertz CT molecular complexity index is 2980. The third-order valence-corrected chi connectivity index (χ3v) is 41.4. The molecule has 0 fully saturated rings. The van der Waals surface area contributed by atoms with Gasteiger partial charge in [0.05, 0.1) is 121 Å². The topological polar surface area (TPSA) is 323 Å². The first kappa shape index (κ1) is 156. The highest BCUT2D eigenvalue weighted by Gasteiger charge is 2.40. The van der Waals surface area contributed by atoms with Crippen molar-refractivity contribution in [2.75, 3.05) is 171 Å². The van der Waals surface area contributed by atoms with Crippen molar-refractivity contribution in [3.8, 4) is 0 Å². The second-order valence-corrected chi connectivity index (χ2v) is 56.9. The zero-order valence-corrected chi connectivity index (χ0v) is 109. The first-order valence-electron chi connectivity index (χ1n) is 60.9. The number of phosphoric acid groups is 4. The third-order valence-electron chi connectivity index (χ3n) is 30.0. The van der Waals surface area contributed by atoms with Crippen LogP contribution < -0.4 is 9.79 Å². The Morgan fingerprint density at radius 1 is 0.300 bits per heavy atom. The number of hydrogen-bond donors (Lipinski definition) is 3. The van der Waals surface area contributed by atoms with E-state index in [0.29, 0.717) is 72.4 Å². The summed E-state index contributed by atoms with van der Waals surface area (Å²) in [5.74, 6) is 0.717. The SMILES string of the molecule is CCCCC(CCCC)(CCCC)COCC(COP(=O)(O)OC(COCC(CCCC)(CCCC)CCCC)COP(=O)(O)OC(COCC(CCCC)(CCCC)CCCC)COP(=O)([O-])OCCCCCCF)OP([O-])OC.CCCCC(CCCC)(CCCC)COCC(CPCC)CPCC(COCC(CCCC)(CCCC)CCCC)PCC(COCC(CCCC)(CCCC)CCCC)PC.COP(=O)(O)OC. The summed E-state index contributed by atoms with van der Waals surface area (Å²) in [5, 5.41) is 0. The first-order valence-corrected chi connectivity index (χ1v) is 73.6. The molecule has 150 heavy (non-hydrogen) atoms. The van der Waals surface area contributed by atoms with Crippen molar-refractivity contribution in [3.05, 3.63) is 0 Å². The largest absolute Gasteiger partial charge is 0.786 e. The minimum atomic E-state index is -5.18. The Kier molecular flexibility index (Phi) is 106. The second kappa shape index (κ2) is 102. The molecule has 906 valence electrons. The number of rotatable bonds is 114. The van der Waals surface area contributed by atoms with Gasteiger partial charge in [-0.05, 0) is 204 Å². The lowest BCUT2D eigenvalue weighted by Crippen LogP contribution is -2.33. The number of unbranched alkanes of at least 4 members (excludes halogenated alkanes) is 21. The van der Waals surface area contributed by atoms with E-state index in [0.717, 1.165) is 262 Å². The zero-order valence-electron chi connectivity index (χ0n) is 101. The summed E-state index contributed by atoms with van der Waals surface area (Å²) < 4.78 is 155. The molecule has 0 aromatic heterocycles. The average molecular weight is 2320 g/mol. The molecule has 25 nitrogen and oxygen atoms in total.